The Bertz CT molecular complexity index is 598. The van der Waals surface area contributed by atoms with Crippen molar-refractivity contribution in [3.63, 3.8) is 0 Å². The molecule has 0 fully saturated rings. The fourth-order valence-corrected chi connectivity index (χ4v) is 1.90. The minimum atomic E-state index is 0.104. The van der Waals surface area contributed by atoms with Crippen LogP contribution in [0.1, 0.15) is 26.7 Å². The molecule has 1 heterocycles. The molecule has 4 nitrogen and oxygen atoms in total. The molecule has 0 spiro atoms. The van der Waals surface area contributed by atoms with Crippen LogP contribution >= 0.6 is 0 Å². The maximum absolute atomic E-state index is 8.65. The van der Waals surface area contributed by atoms with Crippen LogP contribution in [0.5, 0.6) is 0 Å². The Hall–Kier alpha value is -2.15. The predicted octanol–water partition coefficient (Wildman–Crippen LogP) is 3.37. The van der Waals surface area contributed by atoms with Crippen molar-refractivity contribution in [2.75, 3.05) is 11.9 Å². The van der Waals surface area contributed by atoms with Crippen LogP contribution in [0.2, 0.25) is 0 Å². The number of hydrogen-bond donors (Lipinski definition) is 1. The molecule has 1 aromatic carbocycles. The summed E-state index contributed by atoms with van der Waals surface area (Å²) in [5, 5.41) is 12.1. The molecule has 0 saturated heterocycles. The Morgan fingerprint density at radius 1 is 1.21 bits per heavy atom. The number of rotatable bonds is 5. The van der Waals surface area contributed by atoms with Gasteiger partial charge < -0.3 is 5.32 Å². The summed E-state index contributed by atoms with van der Waals surface area (Å²) < 4.78 is 0. The predicted molar refractivity (Wildman–Crippen MR) is 76.7 cm³/mol. The lowest BCUT2D eigenvalue weighted by Gasteiger charge is -2.24. The highest BCUT2D eigenvalue weighted by molar-refractivity contribution is 5.78. The molecule has 0 aliphatic carbocycles. The summed E-state index contributed by atoms with van der Waals surface area (Å²) in [7, 11) is 0. The summed E-state index contributed by atoms with van der Waals surface area (Å²) in [4.78, 5) is 8.54. The molecule has 1 aromatic heterocycles. The van der Waals surface area contributed by atoms with Gasteiger partial charge in [-0.2, -0.15) is 5.26 Å². The van der Waals surface area contributed by atoms with Gasteiger partial charge in [0, 0.05) is 31.0 Å². The summed E-state index contributed by atoms with van der Waals surface area (Å²) in [6, 6.07) is 8.18. The first-order chi connectivity index (χ1) is 9.11. The van der Waals surface area contributed by atoms with Gasteiger partial charge in [-0.15, -0.1) is 0 Å². The van der Waals surface area contributed by atoms with Gasteiger partial charge in [-0.05, 0) is 30.0 Å². The fraction of sp³-hybridized carbons (Fsp3) is 0.400. The van der Waals surface area contributed by atoms with E-state index < -0.39 is 0 Å². The third kappa shape index (κ3) is 3.65. The van der Waals surface area contributed by atoms with E-state index in [1.54, 1.807) is 12.4 Å². The van der Waals surface area contributed by atoms with Gasteiger partial charge in [-0.3, -0.25) is 9.97 Å². The zero-order valence-electron chi connectivity index (χ0n) is 11.3. The molecule has 0 radical (unpaired) electrons. The number of anilines is 1. The zero-order valence-corrected chi connectivity index (χ0v) is 11.3. The molecule has 0 bridgehead atoms. The molecule has 0 atom stereocenters. The normalized spacial score (nSPS) is 11.2. The quantitative estimate of drug-likeness (QED) is 0.888. The number of aromatic nitrogens is 2. The largest absolute Gasteiger partial charge is 0.384 e. The van der Waals surface area contributed by atoms with Crippen LogP contribution in [0.15, 0.2) is 30.6 Å². The monoisotopic (exact) mass is 254 g/mol. The van der Waals surface area contributed by atoms with Crippen LogP contribution in [-0.4, -0.2) is 16.5 Å². The van der Waals surface area contributed by atoms with E-state index in [1.165, 1.54) is 0 Å². The van der Waals surface area contributed by atoms with Crippen LogP contribution in [0.3, 0.4) is 0 Å². The standard InChI is InChI=1S/C15H18N4/c1-15(2,6-3-7-16)11-19-12-4-5-13-14(10-12)18-9-8-17-13/h4-5,8-10,19H,3,6,11H2,1-2H3. The first-order valence-electron chi connectivity index (χ1n) is 6.42. The number of nitrogens with zero attached hydrogens (tertiary/aromatic N) is 3. The highest BCUT2D eigenvalue weighted by Crippen LogP contribution is 2.23. The van der Waals surface area contributed by atoms with E-state index in [0.717, 1.165) is 29.7 Å². The van der Waals surface area contributed by atoms with Crippen LogP contribution in [0.25, 0.3) is 11.0 Å². The van der Waals surface area contributed by atoms with Crippen LogP contribution in [0.4, 0.5) is 5.69 Å². The van der Waals surface area contributed by atoms with Gasteiger partial charge in [-0.25, -0.2) is 0 Å². The molecule has 2 aromatic rings. The zero-order chi connectivity index (χ0) is 13.7. The first-order valence-corrected chi connectivity index (χ1v) is 6.42. The lowest BCUT2D eigenvalue weighted by molar-refractivity contribution is 0.364. The van der Waals surface area contributed by atoms with Crippen LogP contribution in [-0.2, 0) is 0 Å². The molecule has 19 heavy (non-hydrogen) atoms. The maximum Gasteiger partial charge on any atom is 0.0907 e. The molecular formula is C15H18N4. The second-order valence-electron chi connectivity index (χ2n) is 5.44. The molecule has 0 amide bonds. The van der Waals surface area contributed by atoms with Gasteiger partial charge in [0.1, 0.15) is 0 Å². The van der Waals surface area contributed by atoms with Crippen molar-refractivity contribution in [2.24, 2.45) is 5.41 Å². The Kier molecular flexibility index (Phi) is 3.96. The smallest absolute Gasteiger partial charge is 0.0907 e. The Morgan fingerprint density at radius 2 is 1.95 bits per heavy atom. The average Bonchev–Trinajstić information content (AvgIpc) is 2.43. The van der Waals surface area contributed by atoms with E-state index in [-0.39, 0.29) is 5.41 Å². The molecule has 2 rings (SSSR count). The summed E-state index contributed by atoms with van der Waals surface area (Å²) in [6.07, 6.45) is 4.88. The average molecular weight is 254 g/mol. The lowest BCUT2D eigenvalue weighted by atomic mass is 9.88. The minimum Gasteiger partial charge on any atom is -0.384 e. The fourth-order valence-electron chi connectivity index (χ4n) is 1.90. The van der Waals surface area contributed by atoms with E-state index in [9.17, 15) is 0 Å². The van der Waals surface area contributed by atoms with E-state index in [2.05, 4.69) is 35.2 Å². The summed E-state index contributed by atoms with van der Waals surface area (Å²) >= 11 is 0. The number of nitriles is 1. The van der Waals surface area contributed by atoms with Crippen molar-refractivity contribution in [1.82, 2.24) is 9.97 Å². The molecule has 0 unspecified atom stereocenters. The van der Waals surface area contributed by atoms with Crippen molar-refractivity contribution < 1.29 is 0 Å². The first kappa shape index (κ1) is 13.3. The van der Waals surface area contributed by atoms with Crippen LogP contribution in [0, 0.1) is 16.7 Å². The molecule has 98 valence electrons. The number of nitrogens with one attached hydrogen (secondary N) is 1. The highest BCUT2D eigenvalue weighted by atomic mass is 14.9. The van der Waals surface area contributed by atoms with E-state index >= 15 is 0 Å². The van der Waals surface area contributed by atoms with Gasteiger partial charge in [0.25, 0.3) is 0 Å². The topological polar surface area (TPSA) is 61.6 Å². The summed E-state index contributed by atoms with van der Waals surface area (Å²) in [5.74, 6) is 0. The maximum atomic E-state index is 8.65. The Balaban J connectivity index is 2.03. The second-order valence-corrected chi connectivity index (χ2v) is 5.44. The van der Waals surface area contributed by atoms with E-state index in [4.69, 9.17) is 5.26 Å². The molecule has 0 aliphatic heterocycles. The van der Waals surface area contributed by atoms with Crippen molar-refractivity contribution >= 4 is 16.7 Å². The Labute approximate surface area is 113 Å². The van der Waals surface area contributed by atoms with Crippen molar-refractivity contribution in [2.45, 2.75) is 26.7 Å². The third-order valence-corrected chi connectivity index (χ3v) is 3.15. The van der Waals surface area contributed by atoms with E-state index in [0.29, 0.717) is 6.42 Å². The number of benzene rings is 1. The van der Waals surface area contributed by atoms with Crippen molar-refractivity contribution in [3.05, 3.63) is 30.6 Å². The third-order valence-electron chi connectivity index (χ3n) is 3.15. The number of fused-ring (bicyclic) bond motifs is 1. The van der Waals surface area contributed by atoms with Crippen LogP contribution < -0.4 is 5.32 Å². The van der Waals surface area contributed by atoms with Gasteiger partial charge in [0.05, 0.1) is 17.1 Å². The van der Waals surface area contributed by atoms with Gasteiger partial charge in [-0.1, -0.05) is 13.8 Å². The summed E-state index contributed by atoms with van der Waals surface area (Å²) in [5.41, 5.74) is 2.93. The van der Waals surface area contributed by atoms with Crippen molar-refractivity contribution in [1.29, 1.82) is 5.26 Å². The lowest BCUT2D eigenvalue weighted by Crippen LogP contribution is -2.22. The van der Waals surface area contributed by atoms with E-state index in [1.807, 2.05) is 18.2 Å². The molecular weight excluding hydrogens is 236 g/mol. The molecule has 0 saturated carbocycles. The van der Waals surface area contributed by atoms with Gasteiger partial charge >= 0.3 is 0 Å². The van der Waals surface area contributed by atoms with Crippen molar-refractivity contribution in [3.8, 4) is 6.07 Å². The van der Waals surface area contributed by atoms with Gasteiger partial charge in [0.2, 0.25) is 0 Å². The minimum absolute atomic E-state index is 0.104. The number of hydrogen-bond acceptors (Lipinski definition) is 4. The molecule has 1 N–H and O–H groups in total. The second kappa shape index (κ2) is 5.66. The molecule has 0 aliphatic rings. The Morgan fingerprint density at radius 3 is 2.68 bits per heavy atom. The highest BCUT2D eigenvalue weighted by Gasteiger charge is 2.17. The molecule has 4 heteroatoms. The SMILES string of the molecule is CC(C)(CCC#N)CNc1ccc2nccnc2c1. The van der Waals surface area contributed by atoms with Gasteiger partial charge in [0.15, 0.2) is 0 Å². The summed E-state index contributed by atoms with van der Waals surface area (Å²) in [6.45, 7) is 5.16.